The first kappa shape index (κ1) is 14.7. The largest absolute Gasteiger partial charge is 0.481 e. The number of nitro groups is 1. The van der Waals surface area contributed by atoms with Gasteiger partial charge in [0.25, 0.3) is 0 Å². The van der Waals surface area contributed by atoms with Crippen molar-refractivity contribution in [3.63, 3.8) is 0 Å². The molecule has 0 bridgehead atoms. The van der Waals surface area contributed by atoms with Crippen LogP contribution < -0.4 is 5.32 Å². The number of carbonyl (C=O) groups is 2. The van der Waals surface area contributed by atoms with Crippen LogP contribution in [0.4, 0.5) is 5.82 Å². The number of carboxylic acid groups (broad SMARTS) is 1. The van der Waals surface area contributed by atoms with E-state index in [0.29, 0.717) is 6.42 Å². The minimum atomic E-state index is -0.909. The minimum Gasteiger partial charge on any atom is -0.481 e. The van der Waals surface area contributed by atoms with Crippen molar-refractivity contribution in [2.24, 2.45) is 5.92 Å². The number of nitrogens with one attached hydrogen (secondary N) is 1. The number of carbonyl (C=O) groups excluding carboxylic acids is 1. The number of hydrogen-bond donors (Lipinski definition) is 2. The van der Waals surface area contributed by atoms with Crippen molar-refractivity contribution in [3.05, 3.63) is 34.8 Å². The number of nitrogens with zero attached hydrogens (tertiary/aromatic N) is 3. The van der Waals surface area contributed by atoms with E-state index in [2.05, 4.69) is 10.3 Å². The zero-order chi connectivity index (χ0) is 15.4. The molecule has 0 saturated heterocycles. The molecule has 0 radical (unpaired) electrons. The first-order valence-electron chi connectivity index (χ1n) is 6.32. The van der Waals surface area contributed by atoms with Gasteiger partial charge in [0.15, 0.2) is 0 Å². The molecule has 1 heterocycles. The number of imidazole rings is 1. The van der Waals surface area contributed by atoms with Gasteiger partial charge in [0, 0.05) is 19.0 Å². The SMILES string of the molecule is O=C(CCn1cnc([N+](=O)[O-])c1)NC1C=CC(C(=O)O)C1. The quantitative estimate of drug-likeness (QED) is 0.442. The predicted molar refractivity (Wildman–Crippen MR) is 70.3 cm³/mol. The van der Waals surface area contributed by atoms with Gasteiger partial charge >= 0.3 is 11.8 Å². The molecule has 112 valence electrons. The van der Waals surface area contributed by atoms with E-state index in [0.717, 1.165) is 0 Å². The molecule has 0 aromatic carbocycles. The van der Waals surface area contributed by atoms with Crippen molar-refractivity contribution in [1.82, 2.24) is 14.9 Å². The van der Waals surface area contributed by atoms with Gasteiger partial charge in [0.2, 0.25) is 12.2 Å². The van der Waals surface area contributed by atoms with Crippen LogP contribution in [0, 0.1) is 16.0 Å². The second kappa shape index (κ2) is 6.16. The summed E-state index contributed by atoms with van der Waals surface area (Å²) in [6.45, 7) is 0.269. The molecule has 9 heteroatoms. The van der Waals surface area contributed by atoms with Crippen LogP contribution in [0.2, 0.25) is 0 Å². The highest BCUT2D eigenvalue weighted by Crippen LogP contribution is 2.18. The summed E-state index contributed by atoms with van der Waals surface area (Å²) < 4.78 is 1.46. The van der Waals surface area contributed by atoms with Crippen LogP contribution in [-0.2, 0) is 16.1 Å². The fourth-order valence-corrected chi connectivity index (χ4v) is 2.06. The maximum Gasteiger partial charge on any atom is 0.381 e. The van der Waals surface area contributed by atoms with Crippen molar-refractivity contribution in [3.8, 4) is 0 Å². The van der Waals surface area contributed by atoms with Gasteiger partial charge in [-0.3, -0.25) is 9.59 Å². The Labute approximate surface area is 119 Å². The summed E-state index contributed by atoms with van der Waals surface area (Å²) in [5, 5.41) is 22.0. The van der Waals surface area contributed by atoms with Crippen molar-refractivity contribution in [2.45, 2.75) is 25.4 Å². The van der Waals surface area contributed by atoms with Gasteiger partial charge in [0.1, 0.15) is 6.20 Å². The Morgan fingerprint density at radius 1 is 1.52 bits per heavy atom. The Morgan fingerprint density at radius 3 is 2.86 bits per heavy atom. The molecular weight excluding hydrogens is 280 g/mol. The van der Waals surface area contributed by atoms with Gasteiger partial charge in [0.05, 0.1) is 5.92 Å². The summed E-state index contributed by atoms with van der Waals surface area (Å²) >= 11 is 0. The third-order valence-corrected chi connectivity index (χ3v) is 3.15. The Hall–Kier alpha value is -2.71. The number of carboxylic acids is 1. The molecule has 1 aromatic rings. The van der Waals surface area contributed by atoms with E-state index in [1.54, 1.807) is 12.2 Å². The van der Waals surface area contributed by atoms with E-state index in [4.69, 9.17) is 5.11 Å². The van der Waals surface area contributed by atoms with Gasteiger partial charge in [-0.25, -0.2) is 0 Å². The van der Waals surface area contributed by atoms with E-state index in [-0.39, 0.29) is 30.7 Å². The summed E-state index contributed by atoms with van der Waals surface area (Å²) in [5.41, 5.74) is 0. The molecule has 1 aromatic heterocycles. The Balaban J connectivity index is 1.76. The summed E-state index contributed by atoms with van der Waals surface area (Å²) in [4.78, 5) is 35.9. The molecule has 9 nitrogen and oxygen atoms in total. The zero-order valence-electron chi connectivity index (χ0n) is 11.0. The summed E-state index contributed by atoms with van der Waals surface area (Å²) in [5.74, 6) is -1.98. The average molecular weight is 294 g/mol. The first-order valence-corrected chi connectivity index (χ1v) is 6.32. The first-order chi connectivity index (χ1) is 9.95. The van der Waals surface area contributed by atoms with Gasteiger partial charge < -0.3 is 25.1 Å². The smallest absolute Gasteiger partial charge is 0.381 e. The lowest BCUT2D eigenvalue weighted by molar-refractivity contribution is -0.389. The lowest BCUT2D eigenvalue weighted by Crippen LogP contribution is -2.33. The van der Waals surface area contributed by atoms with Gasteiger partial charge in [-0.2, -0.15) is 0 Å². The Morgan fingerprint density at radius 2 is 2.29 bits per heavy atom. The average Bonchev–Trinajstić information content (AvgIpc) is 3.05. The summed E-state index contributed by atoms with van der Waals surface area (Å²) in [6.07, 6.45) is 6.25. The standard InChI is InChI=1S/C12H14N4O5/c17-11(14-9-2-1-8(5-9)12(18)19)3-4-15-6-10(13-7-15)16(20)21/h1-2,6-9H,3-5H2,(H,14,17)(H,18,19). The number of hydrogen-bond acceptors (Lipinski definition) is 5. The summed E-state index contributed by atoms with van der Waals surface area (Å²) in [6, 6.07) is -0.282. The van der Waals surface area contributed by atoms with Crippen molar-refractivity contribution >= 4 is 17.7 Å². The number of aromatic nitrogens is 2. The molecule has 2 unspecified atom stereocenters. The van der Waals surface area contributed by atoms with Crippen LogP contribution in [0.1, 0.15) is 12.8 Å². The monoisotopic (exact) mass is 294 g/mol. The third kappa shape index (κ3) is 3.88. The highest BCUT2D eigenvalue weighted by Gasteiger charge is 2.25. The fourth-order valence-electron chi connectivity index (χ4n) is 2.06. The van der Waals surface area contributed by atoms with Gasteiger partial charge in [-0.05, 0) is 16.3 Å². The molecule has 2 atom stereocenters. The molecule has 0 spiro atoms. The van der Waals surface area contributed by atoms with Gasteiger partial charge in [-0.15, -0.1) is 0 Å². The van der Waals surface area contributed by atoms with E-state index < -0.39 is 16.8 Å². The lowest BCUT2D eigenvalue weighted by Gasteiger charge is -2.12. The van der Waals surface area contributed by atoms with Crippen LogP contribution >= 0.6 is 0 Å². The molecule has 1 amide bonds. The van der Waals surface area contributed by atoms with E-state index in [1.807, 2.05) is 0 Å². The molecule has 0 aliphatic heterocycles. The predicted octanol–water partition coefficient (Wildman–Crippen LogP) is 0.327. The molecule has 2 N–H and O–H groups in total. The molecule has 1 aliphatic rings. The minimum absolute atomic E-state index is 0.135. The molecular formula is C12H14N4O5. The Bertz CT molecular complexity index is 594. The van der Waals surface area contributed by atoms with Crippen LogP contribution in [0.15, 0.2) is 24.7 Å². The normalized spacial score (nSPS) is 20.4. The van der Waals surface area contributed by atoms with E-state index in [1.165, 1.54) is 17.1 Å². The zero-order valence-corrected chi connectivity index (χ0v) is 11.0. The number of rotatable bonds is 6. The summed E-state index contributed by atoms with van der Waals surface area (Å²) in [7, 11) is 0. The maximum atomic E-state index is 11.7. The van der Waals surface area contributed by atoms with Crippen molar-refractivity contribution in [2.75, 3.05) is 0 Å². The van der Waals surface area contributed by atoms with Crippen molar-refractivity contribution in [1.29, 1.82) is 0 Å². The molecule has 21 heavy (non-hydrogen) atoms. The van der Waals surface area contributed by atoms with E-state index in [9.17, 15) is 19.7 Å². The molecule has 0 saturated carbocycles. The van der Waals surface area contributed by atoms with E-state index >= 15 is 0 Å². The van der Waals surface area contributed by atoms with Crippen LogP contribution in [0.3, 0.4) is 0 Å². The van der Waals surface area contributed by atoms with Crippen molar-refractivity contribution < 1.29 is 19.6 Å². The van der Waals surface area contributed by atoms with Crippen LogP contribution in [0.25, 0.3) is 0 Å². The Kier molecular flexibility index (Phi) is 4.31. The number of amides is 1. The molecule has 0 fully saturated rings. The van der Waals surface area contributed by atoms with Crippen LogP contribution in [-0.4, -0.2) is 37.5 Å². The highest BCUT2D eigenvalue weighted by molar-refractivity contribution is 5.77. The number of aryl methyl sites for hydroxylation is 1. The van der Waals surface area contributed by atoms with Crippen LogP contribution in [0.5, 0.6) is 0 Å². The van der Waals surface area contributed by atoms with Gasteiger partial charge in [-0.1, -0.05) is 12.2 Å². The second-order valence-corrected chi connectivity index (χ2v) is 4.72. The third-order valence-electron chi connectivity index (χ3n) is 3.15. The highest BCUT2D eigenvalue weighted by atomic mass is 16.6. The maximum absolute atomic E-state index is 11.7. The fraction of sp³-hybridized carbons (Fsp3) is 0.417. The second-order valence-electron chi connectivity index (χ2n) is 4.72. The number of aliphatic carboxylic acids is 1. The topological polar surface area (TPSA) is 127 Å². The molecule has 2 rings (SSSR count). The lowest BCUT2D eigenvalue weighted by atomic mass is 10.1. The molecule has 1 aliphatic carbocycles.